The van der Waals surface area contributed by atoms with Gasteiger partial charge in [0.2, 0.25) is 10.0 Å². The number of benzene rings is 1. The zero-order valence-corrected chi connectivity index (χ0v) is 13.1. The van der Waals surface area contributed by atoms with Crippen molar-refractivity contribution in [3.63, 3.8) is 0 Å². The number of rotatable bonds is 3. The van der Waals surface area contributed by atoms with Gasteiger partial charge >= 0.3 is 0 Å². The number of methoxy groups -OCH3 is 1. The van der Waals surface area contributed by atoms with E-state index in [2.05, 4.69) is 4.98 Å². The lowest BCUT2D eigenvalue weighted by molar-refractivity contribution is 0.322. The Hall–Kier alpha value is -1.53. The molecule has 0 bridgehead atoms. The molecular formula is C15H20N2O3S. The summed E-state index contributed by atoms with van der Waals surface area (Å²) in [6.07, 6.45) is 5.04. The minimum Gasteiger partial charge on any atom is -0.497 e. The van der Waals surface area contributed by atoms with E-state index in [1.165, 1.54) is 17.2 Å². The lowest BCUT2D eigenvalue weighted by Gasteiger charge is -2.30. The molecule has 0 saturated carbocycles. The van der Waals surface area contributed by atoms with Crippen LogP contribution in [-0.2, 0) is 10.0 Å². The summed E-state index contributed by atoms with van der Waals surface area (Å²) in [5.74, 6) is 1.24. The standard InChI is InChI=1S/C15H20N2O3S/c1-20-12-3-4-15-13(9-12)14(10-16-15)11-5-7-17(8-6-11)21(2,18)19/h3-4,9-11,16H,5-8H2,1-2H3. The van der Waals surface area contributed by atoms with Gasteiger partial charge in [0, 0.05) is 30.2 Å². The lowest BCUT2D eigenvalue weighted by Crippen LogP contribution is -2.37. The predicted octanol–water partition coefficient (Wildman–Crippen LogP) is 2.32. The van der Waals surface area contributed by atoms with Crippen LogP contribution >= 0.6 is 0 Å². The van der Waals surface area contributed by atoms with Crippen molar-refractivity contribution in [1.29, 1.82) is 0 Å². The molecule has 0 aliphatic carbocycles. The highest BCUT2D eigenvalue weighted by Crippen LogP contribution is 2.35. The molecule has 1 aliphatic heterocycles. The van der Waals surface area contributed by atoms with Crippen LogP contribution < -0.4 is 4.74 Å². The molecule has 0 spiro atoms. The van der Waals surface area contributed by atoms with Gasteiger partial charge in [0.15, 0.2) is 0 Å². The first-order valence-electron chi connectivity index (χ1n) is 7.09. The van der Waals surface area contributed by atoms with E-state index in [4.69, 9.17) is 4.74 Å². The van der Waals surface area contributed by atoms with Crippen LogP contribution in [0.2, 0.25) is 0 Å². The molecule has 2 aromatic rings. The Morgan fingerprint density at radius 3 is 2.62 bits per heavy atom. The fourth-order valence-corrected chi connectivity index (χ4v) is 3.96. The number of sulfonamides is 1. The summed E-state index contributed by atoms with van der Waals surface area (Å²) in [5.41, 5.74) is 2.35. The molecule has 0 unspecified atom stereocenters. The summed E-state index contributed by atoms with van der Waals surface area (Å²) in [7, 11) is -1.40. The molecule has 1 aromatic carbocycles. The van der Waals surface area contributed by atoms with Crippen LogP contribution in [0, 0.1) is 0 Å². The molecule has 0 atom stereocenters. The zero-order chi connectivity index (χ0) is 15.0. The van der Waals surface area contributed by atoms with E-state index in [0.29, 0.717) is 19.0 Å². The fraction of sp³-hybridized carbons (Fsp3) is 0.467. The van der Waals surface area contributed by atoms with E-state index in [0.717, 1.165) is 24.1 Å². The molecule has 0 amide bonds. The highest BCUT2D eigenvalue weighted by molar-refractivity contribution is 7.88. The number of aromatic nitrogens is 1. The van der Waals surface area contributed by atoms with Crippen LogP contribution in [0.25, 0.3) is 10.9 Å². The van der Waals surface area contributed by atoms with Crippen LogP contribution in [0.3, 0.4) is 0 Å². The normalized spacial score (nSPS) is 18.2. The molecular weight excluding hydrogens is 288 g/mol. The second-order valence-corrected chi connectivity index (χ2v) is 7.57. The van der Waals surface area contributed by atoms with Gasteiger partial charge in [-0.3, -0.25) is 0 Å². The summed E-state index contributed by atoms with van der Waals surface area (Å²) in [6, 6.07) is 6.00. The van der Waals surface area contributed by atoms with Crippen LogP contribution in [0.5, 0.6) is 5.75 Å². The molecule has 3 rings (SSSR count). The highest BCUT2D eigenvalue weighted by Gasteiger charge is 2.27. The fourth-order valence-electron chi connectivity index (χ4n) is 3.08. The van der Waals surface area contributed by atoms with Crippen LogP contribution in [-0.4, -0.2) is 44.2 Å². The Labute approximate surface area is 125 Å². The van der Waals surface area contributed by atoms with E-state index < -0.39 is 10.0 Å². The van der Waals surface area contributed by atoms with E-state index in [9.17, 15) is 8.42 Å². The third-order valence-corrected chi connectivity index (χ3v) is 5.59. The quantitative estimate of drug-likeness (QED) is 0.946. The molecule has 1 N–H and O–H groups in total. The molecule has 114 valence electrons. The maximum atomic E-state index is 11.6. The van der Waals surface area contributed by atoms with E-state index >= 15 is 0 Å². The second-order valence-electron chi connectivity index (χ2n) is 5.59. The molecule has 6 heteroatoms. The molecule has 2 heterocycles. The molecule has 1 aromatic heterocycles. The number of fused-ring (bicyclic) bond motifs is 1. The van der Waals surface area contributed by atoms with Gasteiger partial charge < -0.3 is 9.72 Å². The number of hydrogen-bond donors (Lipinski definition) is 1. The highest BCUT2D eigenvalue weighted by atomic mass is 32.2. The summed E-state index contributed by atoms with van der Waals surface area (Å²) in [4.78, 5) is 3.29. The van der Waals surface area contributed by atoms with Crippen molar-refractivity contribution in [3.05, 3.63) is 30.0 Å². The zero-order valence-electron chi connectivity index (χ0n) is 12.3. The number of nitrogens with one attached hydrogen (secondary N) is 1. The predicted molar refractivity (Wildman–Crippen MR) is 83.2 cm³/mol. The van der Waals surface area contributed by atoms with Gasteiger partial charge in [-0.2, -0.15) is 0 Å². The maximum Gasteiger partial charge on any atom is 0.211 e. The first-order valence-corrected chi connectivity index (χ1v) is 8.94. The maximum absolute atomic E-state index is 11.6. The Balaban J connectivity index is 1.85. The van der Waals surface area contributed by atoms with Crippen molar-refractivity contribution in [2.24, 2.45) is 0 Å². The van der Waals surface area contributed by atoms with Crippen molar-refractivity contribution < 1.29 is 13.2 Å². The molecule has 21 heavy (non-hydrogen) atoms. The molecule has 0 radical (unpaired) electrons. The minimum atomic E-state index is -3.07. The van der Waals surface area contributed by atoms with Gasteiger partial charge in [0.1, 0.15) is 5.75 Å². The summed E-state index contributed by atoms with van der Waals surface area (Å²) < 4.78 is 30.0. The first-order chi connectivity index (χ1) is 9.99. The van der Waals surface area contributed by atoms with Gasteiger partial charge in [-0.1, -0.05) is 0 Å². The van der Waals surface area contributed by atoms with Crippen molar-refractivity contribution in [2.45, 2.75) is 18.8 Å². The topological polar surface area (TPSA) is 62.4 Å². The number of piperidine rings is 1. The van der Waals surface area contributed by atoms with Crippen LogP contribution in [0.15, 0.2) is 24.4 Å². The molecule has 1 saturated heterocycles. The molecule has 1 fully saturated rings. The average Bonchev–Trinajstić information content (AvgIpc) is 2.89. The largest absolute Gasteiger partial charge is 0.497 e. The van der Waals surface area contributed by atoms with Gasteiger partial charge in [-0.15, -0.1) is 0 Å². The average molecular weight is 308 g/mol. The van der Waals surface area contributed by atoms with Gasteiger partial charge in [0.25, 0.3) is 0 Å². The Bertz CT molecular complexity index is 743. The smallest absolute Gasteiger partial charge is 0.211 e. The summed E-state index contributed by atoms with van der Waals surface area (Å²) >= 11 is 0. The second kappa shape index (κ2) is 5.35. The third kappa shape index (κ3) is 2.78. The Morgan fingerprint density at radius 2 is 2.00 bits per heavy atom. The van der Waals surface area contributed by atoms with Crippen molar-refractivity contribution in [1.82, 2.24) is 9.29 Å². The van der Waals surface area contributed by atoms with E-state index in [-0.39, 0.29) is 0 Å². The SMILES string of the molecule is COc1ccc2[nH]cc(C3CCN(S(C)(=O)=O)CC3)c2c1. The molecule has 1 aliphatic rings. The van der Waals surface area contributed by atoms with Crippen LogP contribution in [0.4, 0.5) is 0 Å². The third-order valence-electron chi connectivity index (χ3n) is 4.28. The van der Waals surface area contributed by atoms with E-state index in [1.807, 2.05) is 24.4 Å². The van der Waals surface area contributed by atoms with Crippen molar-refractivity contribution >= 4 is 20.9 Å². The number of ether oxygens (including phenoxy) is 1. The van der Waals surface area contributed by atoms with Gasteiger partial charge in [0.05, 0.1) is 13.4 Å². The van der Waals surface area contributed by atoms with Crippen LogP contribution in [0.1, 0.15) is 24.3 Å². The number of aromatic amines is 1. The van der Waals surface area contributed by atoms with Gasteiger partial charge in [-0.05, 0) is 42.5 Å². The van der Waals surface area contributed by atoms with Crippen molar-refractivity contribution in [2.75, 3.05) is 26.5 Å². The number of hydrogen-bond acceptors (Lipinski definition) is 3. The van der Waals surface area contributed by atoms with Crippen molar-refractivity contribution in [3.8, 4) is 5.75 Å². The Kier molecular flexibility index (Phi) is 3.67. The first kappa shape index (κ1) is 14.4. The lowest BCUT2D eigenvalue weighted by atomic mass is 9.90. The summed E-state index contributed by atoms with van der Waals surface area (Å²) in [5, 5.41) is 1.17. The Morgan fingerprint density at radius 1 is 1.29 bits per heavy atom. The molecule has 5 nitrogen and oxygen atoms in total. The number of nitrogens with zero attached hydrogens (tertiary/aromatic N) is 1. The monoisotopic (exact) mass is 308 g/mol. The number of H-pyrrole nitrogens is 1. The van der Waals surface area contributed by atoms with E-state index in [1.54, 1.807) is 11.4 Å². The minimum absolute atomic E-state index is 0.392. The summed E-state index contributed by atoms with van der Waals surface area (Å²) in [6.45, 7) is 1.19. The van der Waals surface area contributed by atoms with Gasteiger partial charge in [-0.25, -0.2) is 12.7 Å².